The van der Waals surface area contributed by atoms with E-state index in [0.29, 0.717) is 32.7 Å². The normalized spacial score (nSPS) is 16.6. The third kappa shape index (κ3) is 9.48. The fraction of sp³-hybridized carbons (Fsp3) is 0.123. The third-order valence-electron chi connectivity index (χ3n) is 12.7. The number of amides is 2. The van der Waals surface area contributed by atoms with Gasteiger partial charge in [-0.2, -0.15) is 0 Å². The fourth-order valence-electron chi connectivity index (χ4n) is 9.28. The summed E-state index contributed by atoms with van der Waals surface area (Å²) in [7, 11) is -1.89. The number of carbonyl (C=O) groups is 3. The molecule has 2 aliphatic rings. The number of phenols is 2. The van der Waals surface area contributed by atoms with Crippen molar-refractivity contribution in [2.75, 3.05) is 17.7 Å². The van der Waals surface area contributed by atoms with Gasteiger partial charge >= 0.3 is 5.97 Å². The first-order valence-corrected chi connectivity index (χ1v) is 25.5. The lowest BCUT2D eigenvalue weighted by Crippen LogP contribution is -2.74. The third-order valence-corrected chi connectivity index (χ3v) is 15.1. The summed E-state index contributed by atoms with van der Waals surface area (Å²) in [5.74, 6) is -3.34. The molecule has 16 heteroatoms. The summed E-state index contributed by atoms with van der Waals surface area (Å²) in [5, 5.41) is 33.3. The van der Waals surface area contributed by atoms with Crippen molar-refractivity contribution in [3.8, 4) is 11.5 Å². The minimum absolute atomic E-state index is 0.0493. The highest BCUT2D eigenvalue weighted by molar-refractivity contribution is 7.86. The average molecular weight is 1010 g/mol. The maximum atomic E-state index is 14.9. The second kappa shape index (κ2) is 20.9. The van der Waals surface area contributed by atoms with Gasteiger partial charge in [0.15, 0.2) is 28.4 Å². The van der Waals surface area contributed by atoms with Crippen LogP contribution in [0.4, 0.5) is 5.13 Å². The summed E-state index contributed by atoms with van der Waals surface area (Å²) >= 11 is 1.24. The molecule has 14 nitrogen and oxygen atoms in total. The molecule has 73 heavy (non-hydrogen) atoms. The summed E-state index contributed by atoms with van der Waals surface area (Å²) in [6.45, 7) is 3.65. The van der Waals surface area contributed by atoms with Crippen LogP contribution < -0.4 is 10.6 Å². The predicted octanol–water partition coefficient (Wildman–Crippen LogP) is 8.66. The Morgan fingerprint density at radius 2 is 1.40 bits per heavy atom. The van der Waals surface area contributed by atoms with Crippen LogP contribution in [0.2, 0.25) is 0 Å². The molecular weight excluding hydrogens is 961 g/mol. The molecule has 364 valence electrons. The number of phenolic OH excluding ortho intramolecular Hbond substituents is 2. The quantitative estimate of drug-likeness (QED) is 0.00998. The molecule has 2 aromatic heterocycles. The number of thiazole rings is 1. The lowest BCUT2D eigenvalue weighted by atomic mass is 9.77. The van der Waals surface area contributed by atoms with E-state index in [1.54, 1.807) is 11.4 Å². The predicted molar refractivity (Wildman–Crippen MR) is 280 cm³/mol. The second-order valence-electron chi connectivity index (χ2n) is 17.2. The minimum atomic E-state index is -1.89. The van der Waals surface area contributed by atoms with Gasteiger partial charge in [0, 0.05) is 29.1 Å². The van der Waals surface area contributed by atoms with Crippen LogP contribution in [0.5, 0.6) is 11.5 Å². The Hall–Kier alpha value is -8.73. The molecule has 4 N–H and O–H groups in total. The smallest absolute Gasteiger partial charge is 0.356 e. The molecule has 4 heterocycles. The highest BCUT2D eigenvalue weighted by Gasteiger charge is 2.58. The van der Waals surface area contributed by atoms with Crippen LogP contribution in [0.3, 0.4) is 0 Å². The molecule has 1 saturated heterocycles. The Morgan fingerprint density at radius 3 is 1.97 bits per heavy atom. The fourth-order valence-corrected chi connectivity index (χ4v) is 11.7. The average Bonchev–Trinajstić information content (AvgIpc) is 3.89. The molecule has 10 rings (SSSR count). The molecule has 8 aromatic rings. The van der Waals surface area contributed by atoms with Gasteiger partial charge in [0.1, 0.15) is 35.0 Å². The number of rotatable bonds is 17. The van der Waals surface area contributed by atoms with Crippen molar-refractivity contribution in [2.45, 2.75) is 29.5 Å². The molecule has 0 spiro atoms. The van der Waals surface area contributed by atoms with Crippen LogP contribution in [-0.2, 0) is 46.7 Å². The maximum Gasteiger partial charge on any atom is 0.356 e. The number of ether oxygens (including phenoxy) is 1. The number of hydrogen-bond acceptors (Lipinski definition) is 13. The van der Waals surface area contributed by atoms with E-state index in [4.69, 9.17) is 14.6 Å². The maximum absolute atomic E-state index is 14.9. The largest absolute Gasteiger partial charge is 0.504 e. The first-order valence-electron chi connectivity index (χ1n) is 23.2. The first kappa shape index (κ1) is 47.9. The van der Waals surface area contributed by atoms with Crippen molar-refractivity contribution in [3.05, 3.63) is 245 Å². The van der Waals surface area contributed by atoms with Crippen LogP contribution >= 0.6 is 11.3 Å². The molecule has 1 fully saturated rings. The van der Waals surface area contributed by atoms with E-state index in [1.807, 2.05) is 152 Å². The van der Waals surface area contributed by atoms with Gasteiger partial charge in [0.25, 0.3) is 11.8 Å². The molecule has 2 amide bonds. The summed E-state index contributed by atoms with van der Waals surface area (Å²) in [4.78, 5) is 60.2. The van der Waals surface area contributed by atoms with E-state index in [2.05, 4.69) is 27.4 Å². The van der Waals surface area contributed by atoms with Crippen molar-refractivity contribution >= 4 is 61.5 Å². The zero-order chi connectivity index (χ0) is 50.5. The Kier molecular flexibility index (Phi) is 13.7. The zero-order valence-corrected chi connectivity index (χ0v) is 40.5. The van der Waals surface area contributed by atoms with Gasteiger partial charge in [0.05, 0.1) is 16.5 Å². The summed E-state index contributed by atoms with van der Waals surface area (Å²) in [6, 6.07) is 51.2. The van der Waals surface area contributed by atoms with Gasteiger partial charge in [-0.1, -0.05) is 169 Å². The molecule has 0 radical (unpaired) electrons. The minimum Gasteiger partial charge on any atom is -0.504 e. The summed E-state index contributed by atoms with van der Waals surface area (Å²) in [6.07, 6.45) is 2.00. The second-order valence-corrected chi connectivity index (χ2v) is 19.6. The van der Waals surface area contributed by atoms with Gasteiger partial charge in [-0.15, -0.1) is 11.3 Å². The van der Waals surface area contributed by atoms with E-state index in [1.165, 1.54) is 35.7 Å². The number of aromatic nitrogens is 2. The molecule has 6 aromatic carbocycles. The Bertz CT molecular complexity index is 3300. The summed E-state index contributed by atoms with van der Waals surface area (Å²) < 4.78 is 20.9. The molecule has 0 bridgehead atoms. The number of β-lactam (4-membered cyclic amide) rings is 1. The van der Waals surface area contributed by atoms with Crippen LogP contribution in [-0.4, -0.2) is 76.6 Å². The van der Waals surface area contributed by atoms with Crippen molar-refractivity contribution in [1.82, 2.24) is 20.2 Å². The number of aromatic hydroxyl groups is 2. The van der Waals surface area contributed by atoms with E-state index >= 15 is 0 Å². The van der Waals surface area contributed by atoms with Crippen LogP contribution in [0.25, 0.3) is 10.8 Å². The lowest BCUT2D eigenvalue weighted by Gasteiger charge is -2.49. The van der Waals surface area contributed by atoms with E-state index in [9.17, 15) is 28.8 Å². The standard InChI is InChI=1S/C57H46N6O8S2/c1-2-30-70-62-48(45-34-72-56(59-45)61-57(40-22-12-5-13-23-40,41-24-14-6-15-25-41)42-26-16-7-17-27-42)52(66)60-49-53(67)63-50(55(68)71-51(36-18-8-3-9-19-36)37-20-10-4-11-21-37)39(35-73(69)54(49)63)31-44-43-33-47(65)46(64)32-38(43)28-29-58-44/h2-29,32-34,49,51,54,64-65H,1,30-31,35H2,(H,59,61)(H,60,66)/t49?,54-,73?/m1/s1. The first-order chi connectivity index (χ1) is 35.6. The van der Waals surface area contributed by atoms with Gasteiger partial charge in [-0.05, 0) is 57.0 Å². The van der Waals surface area contributed by atoms with Crippen molar-refractivity contribution in [2.24, 2.45) is 5.16 Å². The number of benzene rings is 6. The summed E-state index contributed by atoms with van der Waals surface area (Å²) in [5.41, 5.74) is 3.60. The highest BCUT2D eigenvalue weighted by Crippen LogP contribution is 2.42. The highest BCUT2D eigenvalue weighted by atomic mass is 32.2. The van der Waals surface area contributed by atoms with Gasteiger partial charge in [0.2, 0.25) is 0 Å². The molecule has 2 aliphatic heterocycles. The molecule has 0 saturated carbocycles. The van der Waals surface area contributed by atoms with E-state index in [0.717, 1.165) is 21.6 Å². The van der Waals surface area contributed by atoms with Crippen molar-refractivity contribution < 1.29 is 38.4 Å². The molecule has 0 aliphatic carbocycles. The molecular formula is C57H46N6O8S2. The number of pyridine rings is 1. The number of oxime groups is 1. The Labute approximate surface area is 426 Å². The molecule has 3 atom stereocenters. The van der Waals surface area contributed by atoms with E-state index < -0.39 is 51.6 Å². The monoisotopic (exact) mass is 1010 g/mol. The Morgan fingerprint density at radius 1 is 0.836 bits per heavy atom. The number of fused-ring (bicyclic) bond motifs is 2. The number of carbonyl (C=O) groups excluding carboxylic acids is 3. The van der Waals surface area contributed by atoms with Gasteiger partial charge in [-0.25, -0.2) is 9.78 Å². The number of anilines is 1. The van der Waals surface area contributed by atoms with Crippen LogP contribution in [0, 0.1) is 0 Å². The van der Waals surface area contributed by atoms with Crippen molar-refractivity contribution in [3.63, 3.8) is 0 Å². The van der Waals surface area contributed by atoms with Gasteiger partial charge < -0.3 is 30.4 Å². The SMILES string of the molecule is C=CCON=C(C(=O)NC1C(=O)N2C(C(=O)OC(c3ccccc3)c3ccccc3)=C(Cc3nccc4cc(O)c(O)cc34)CS(=O)[C@H]12)c1csc(NC(c2ccccc2)(c2ccccc2)c2ccccc2)n1. The lowest BCUT2D eigenvalue weighted by molar-refractivity contribution is -0.154. The zero-order valence-electron chi connectivity index (χ0n) is 38.9. The topological polar surface area (TPSA) is 193 Å². The number of nitrogens with one attached hydrogen (secondary N) is 2. The number of hydrogen-bond donors (Lipinski definition) is 4. The molecule has 2 unspecified atom stereocenters. The van der Waals surface area contributed by atoms with E-state index in [-0.39, 0.29) is 53.0 Å². The number of esters is 1. The van der Waals surface area contributed by atoms with Crippen LogP contribution in [0.1, 0.15) is 45.3 Å². The van der Waals surface area contributed by atoms with Gasteiger partial charge in [-0.3, -0.25) is 23.7 Å². The van der Waals surface area contributed by atoms with Crippen molar-refractivity contribution in [1.29, 1.82) is 0 Å². The number of nitrogens with zero attached hydrogens (tertiary/aromatic N) is 4. The Balaban J connectivity index is 0.983. The van der Waals surface area contributed by atoms with Crippen LogP contribution in [0.15, 0.2) is 211 Å².